The summed E-state index contributed by atoms with van der Waals surface area (Å²) in [5, 5.41) is 16.6. The van der Waals surface area contributed by atoms with Crippen molar-refractivity contribution < 1.29 is 63.8 Å². The Morgan fingerprint density at radius 2 is 1.82 bits per heavy atom. The number of fused-ring (bicyclic) bond motifs is 5. The minimum absolute atomic E-state index is 0. The lowest BCUT2D eigenvalue weighted by Crippen LogP contribution is -2.63. The Hall–Kier alpha value is -4.69. The van der Waals surface area contributed by atoms with E-state index in [0.717, 1.165) is 24.0 Å². The molecule has 6 rings (SSSR count). The number of alkyl carbamates (subject to hydrolysis) is 1. The number of likely N-dealkylation sites (tertiary alicyclic amines) is 1. The smallest absolute Gasteiger partial charge is 0.409 e. The number of likely N-dealkylation sites (N-methyl/N-ethyl adjacent to an activating group) is 1. The third kappa shape index (κ3) is 11.7. The summed E-state index contributed by atoms with van der Waals surface area (Å²) in [6.45, 7) is 7.19. The van der Waals surface area contributed by atoms with Gasteiger partial charge in [0.15, 0.2) is 5.72 Å². The number of methoxy groups -OCH3 is 2. The van der Waals surface area contributed by atoms with Crippen LogP contribution in [-0.4, -0.2) is 151 Å². The van der Waals surface area contributed by atoms with Gasteiger partial charge >= 0.3 is 12.1 Å². The van der Waals surface area contributed by atoms with Gasteiger partial charge in [-0.3, -0.25) is 34.2 Å². The number of ether oxygens (including phenoxy) is 5. The first kappa shape index (κ1) is 52.7. The van der Waals surface area contributed by atoms with Gasteiger partial charge in [0.05, 0.1) is 30.6 Å². The van der Waals surface area contributed by atoms with Crippen molar-refractivity contribution in [2.75, 3.05) is 52.6 Å². The first-order chi connectivity index (χ1) is 32.1. The number of nitrogens with zero attached hydrogens (tertiary/aromatic N) is 3. The number of amides is 6. The molecule has 0 spiro atoms. The van der Waals surface area contributed by atoms with Crippen molar-refractivity contribution in [1.82, 2.24) is 20.4 Å². The van der Waals surface area contributed by atoms with Gasteiger partial charge in [0.1, 0.15) is 40.7 Å². The second-order valence-electron chi connectivity index (χ2n) is 18.9. The van der Waals surface area contributed by atoms with Crippen molar-refractivity contribution >= 4 is 70.6 Å². The predicted molar refractivity (Wildman–Crippen MR) is 255 cm³/mol. The number of thioether (sulfide) groups is 1. The second-order valence-corrected chi connectivity index (χ2v) is 20.6. The van der Waals surface area contributed by atoms with E-state index < -0.39 is 76.8 Å². The van der Waals surface area contributed by atoms with Gasteiger partial charge in [-0.1, -0.05) is 42.3 Å². The van der Waals surface area contributed by atoms with Crippen LogP contribution in [0, 0.1) is 17.8 Å². The minimum Gasteiger partial charge on any atom is -0.495 e. The summed E-state index contributed by atoms with van der Waals surface area (Å²) in [4.78, 5) is 97.2. The Labute approximate surface area is 408 Å². The third-order valence-electron chi connectivity index (χ3n) is 14.3. The van der Waals surface area contributed by atoms with Crippen LogP contribution in [0.1, 0.15) is 86.1 Å². The highest BCUT2D eigenvalue weighted by Crippen LogP contribution is 2.49. The molecule has 3 N–H and O–H groups in total. The summed E-state index contributed by atoms with van der Waals surface area (Å²) in [6, 6.07) is 2.43. The standard InChI is InChI=1S/C48H66ClN5O13S.H2/c1-26-11-10-12-36(64-9)48(62)24-34(65-46(61)51-48)27(2)42-47(4,67-42)37(23-39(56)53(7)32-20-30(19-26)21-33(63-8)41(32)49)66-45(60)28(3)52(6)38(55)17-18-68-35-22-40(57)54(44(35)59)25-29-13-15-31(16-14-29)43(58)50-5;/h10-12,20-21,27-29,31,34-37,42,62H,13-19,22-25H2,1-9H3,(H,50,58)(H,51,61);1H/b12-10+,26-11+;/t27-,28+,29?,31?,34+,35?,36-,37+,42+,47+,48+;/m1./s1. The highest BCUT2D eigenvalue weighted by atomic mass is 35.5. The number of imide groups is 1. The lowest BCUT2D eigenvalue weighted by atomic mass is 9.81. The van der Waals surface area contributed by atoms with E-state index >= 15 is 0 Å². The van der Waals surface area contributed by atoms with E-state index in [0.29, 0.717) is 37.2 Å². The van der Waals surface area contributed by atoms with Crippen molar-refractivity contribution in [3.63, 3.8) is 0 Å². The van der Waals surface area contributed by atoms with Crippen LogP contribution in [0.25, 0.3) is 0 Å². The fourth-order valence-electron chi connectivity index (χ4n) is 9.73. The van der Waals surface area contributed by atoms with Crippen molar-refractivity contribution in [3.8, 4) is 5.75 Å². The summed E-state index contributed by atoms with van der Waals surface area (Å²) in [7, 11) is 7.52. The first-order valence-corrected chi connectivity index (χ1v) is 24.6. The van der Waals surface area contributed by atoms with Crippen LogP contribution in [0.2, 0.25) is 5.02 Å². The Morgan fingerprint density at radius 3 is 2.49 bits per heavy atom. The third-order valence-corrected chi connectivity index (χ3v) is 15.9. The van der Waals surface area contributed by atoms with Crippen LogP contribution in [-0.2, 0) is 54.1 Å². The summed E-state index contributed by atoms with van der Waals surface area (Å²) in [5.74, 6) is -2.17. The lowest BCUT2D eigenvalue weighted by Gasteiger charge is -2.42. The molecule has 1 unspecified atom stereocenters. The SMILES string of the molecule is CNC(=O)C1CCC(CN2C(=O)CC(SCCC(=O)N(C)[C@@H](C)C(=O)O[C@H]3CC(=O)N(C)c4cc(cc(OC)c4Cl)C/C(C)=C/C=C/[C@@H](OC)[C@@]4(O)C[C@H](OC(=O)N4)[C@@H](C)[C@@H]4O[C@@]34C)C2=O)CC1.[HH]. The molecule has 376 valence electrons. The molecular weight excluding hydrogens is 922 g/mol. The maximum absolute atomic E-state index is 14.3. The van der Waals surface area contributed by atoms with Crippen molar-refractivity contribution in [2.45, 2.75) is 133 Å². The van der Waals surface area contributed by atoms with Gasteiger partial charge in [-0.25, -0.2) is 9.59 Å². The number of aliphatic hydroxyl groups is 1. The molecule has 1 aliphatic carbocycles. The normalized spacial score (nSPS) is 32.7. The van der Waals surface area contributed by atoms with Crippen LogP contribution in [0.15, 0.2) is 35.9 Å². The number of benzene rings is 1. The molecule has 4 aliphatic heterocycles. The lowest BCUT2D eigenvalue weighted by molar-refractivity contribution is -0.162. The molecule has 5 aliphatic rings. The van der Waals surface area contributed by atoms with Crippen LogP contribution in [0.3, 0.4) is 0 Å². The van der Waals surface area contributed by atoms with E-state index in [2.05, 4.69) is 10.6 Å². The molecule has 6 amide bonds. The highest BCUT2D eigenvalue weighted by Gasteiger charge is 2.64. The number of allylic oxidation sites excluding steroid dienone is 3. The molecule has 1 saturated carbocycles. The summed E-state index contributed by atoms with van der Waals surface area (Å²) in [5.41, 5.74) is -1.14. The number of carbonyl (C=O) groups is 7. The average molecular weight is 991 g/mol. The molecule has 4 fully saturated rings. The van der Waals surface area contributed by atoms with E-state index in [1.807, 2.05) is 13.0 Å². The zero-order chi connectivity index (χ0) is 49.8. The van der Waals surface area contributed by atoms with Gasteiger partial charge in [-0.15, -0.1) is 11.8 Å². The number of esters is 1. The highest BCUT2D eigenvalue weighted by molar-refractivity contribution is 8.00. The van der Waals surface area contributed by atoms with Crippen molar-refractivity contribution in [2.24, 2.45) is 17.8 Å². The Bertz CT molecular complexity index is 2190. The summed E-state index contributed by atoms with van der Waals surface area (Å²) >= 11 is 8.03. The zero-order valence-corrected chi connectivity index (χ0v) is 41.9. The zero-order valence-electron chi connectivity index (χ0n) is 40.3. The van der Waals surface area contributed by atoms with Crippen molar-refractivity contribution in [3.05, 3.63) is 46.5 Å². The molecule has 4 bridgehead atoms. The van der Waals surface area contributed by atoms with Crippen LogP contribution < -0.4 is 20.3 Å². The quantitative estimate of drug-likeness (QED) is 0.149. The molecule has 1 aromatic carbocycles. The molecule has 4 heterocycles. The predicted octanol–water partition coefficient (Wildman–Crippen LogP) is 4.56. The van der Waals surface area contributed by atoms with Crippen molar-refractivity contribution in [1.29, 1.82) is 0 Å². The Balaban J connectivity index is 0.00000888. The second kappa shape index (κ2) is 21.9. The Kier molecular flexibility index (Phi) is 17.0. The molecule has 18 nitrogen and oxygen atoms in total. The number of rotatable bonds is 12. The fourth-order valence-corrected chi connectivity index (χ4v) is 11.1. The van der Waals surface area contributed by atoms with E-state index in [4.69, 9.17) is 35.3 Å². The molecule has 3 saturated heterocycles. The molecule has 68 heavy (non-hydrogen) atoms. The van der Waals surface area contributed by atoms with E-state index in [1.165, 1.54) is 54.7 Å². The number of anilines is 1. The average Bonchev–Trinajstić information content (AvgIpc) is 3.94. The number of carbonyl (C=O) groups excluding carboxylic acids is 7. The largest absolute Gasteiger partial charge is 0.495 e. The molecular formula is C48H68ClN5O13S. The van der Waals surface area contributed by atoms with Gasteiger partial charge < -0.3 is 43.9 Å². The number of epoxide rings is 1. The molecule has 0 aromatic heterocycles. The number of hydrogen-bond donors (Lipinski definition) is 3. The van der Waals surface area contributed by atoms with Gasteiger partial charge in [-0.05, 0) is 76.5 Å². The molecule has 9 atom stereocenters. The van der Waals surface area contributed by atoms with Gasteiger partial charge in [0.2, 0.25) is 29.5 Å². The van der Waals surface area contributed by atoms with Gasteiger partial charge in [0, 0.05) is 73.1 Å². The monoisotopic (exact) mass is 989 g/mol. The van der Waals surface area contributed by atoms with E-state index in [9.17, 15) is 38.7 Å². The van der Waals surface area contributed by atoms with Gasteiger partial charge in [0.25, 0.3) is 0 Å². The van der Waals surface area contributed by atoms with Crippen LogP contribution >= 0.6 is 23.4 Å². The summed E-state index contributed by atoms with van der Waals surface area (Å²) < 4.78 is 29.4. The molecule has 20 heteroatoms. The number of hydrogen-bond acceptors (Lipinski definition) is 14. The van der Waals surface area contributed by atoms with Crippen LogP contribution in [0.5, 0.6) is 5.75 Å². The van der Waals surface area contributed by atoms with Crippen LogP contribution in [0.4, 0.5) is 10.5 Å². The maximum atomic E-state index is 14.3. The molecule has 0 radical (unpaired) electrons. The van der Waals surface area contributed by atoms with E-state index in [1.54, 1.807) is 52.2 Å². The summed E-state index contributed by atoms with van der Waals surface area (Å²) in [6.07, 6.45) is 3.39. The van der Waals surface area contributed by atoms with Gasteiger partial charge in [-0.2, -0.15) is 0 Å². The first-order valence-electron chi connectivity index (χ1n) is 23.2. The minimum atomic E-state index is -1.87. The maximum Gasteiger partial charge on any atom is 0.409 e. The fraction of sp³-hybridized carbons (Fsp3) is 0.646. The number of halogens is 1. The number of nitrogens with one attached hydrogen (secondary N) is 2. The van der Waals surface area contributed by atoms with E-state index in [-0.39, 0.29) is 67.4 Å². The molecule has 1 aromatic rings. The topological polar surface area (TPSA) is 223 Å². The Morgan fingerprint density at radius 1 is 1.12 bits per heavy atom.